The molecule has 3 rings (SSSR count). The third-order valence-electron chi connectivity index (χ3n) is 5.23. The lowest BCUT2D eigenvalue weighted by Gasteiger charge is -2.20. The van der Waals surface area contributed by atoms with Gasteiger partial charge in [0, 0.05) is 18.2 Å². The lowest BCUT2D eigenvalue weighted by atomic mass is 9.86. The van der Waals surface area contributed by atoms with Crippen LogP contribution < -0.4 is 5.32 Å². The molecule has 1 N–H and O–H groups in total. The first kappa shape index (κ1) is 16.7. The summed E-state index contributed by atoms with van der Waals surface area (Å²) in [4.78, 5) is 23.5. The fraction of sp³-hybridized carbons (Fsp3) is 0.500. The van der Waals surface area contributed by atoms with Crippen LogP contribution in [0.2, 0.25) is 0 Å². The van der Waals surface area contributed by atoms with E-state index in [0.717, 1.165) is 23.1 Å². The number of carbonyl (C=O) groups excluding carboxylic acids is 2. The van der Waals surface area contributed by atoms with Crippen LogP contribution in [0.5, 0.6) is 0 Å². The van der Waals surface area contributed by atoms with Gasteiger partial charge >= 0.3 is 5.97 Å². The summed E-state index contributed by atoms with van der Waals surface area (Å²) in [6, 6.07) is 7.48. The number of anilines is 1. The molecule has 0 aromatic heterocycles. The predicted molar refractivity (Wildman–Crippen MR) is 94.3 cm³/mol. The quantitative estimate of drug-likeness (QED) is 0.634. The Morgan fingerprint density at radius 3 is 2.62 bits per heavy atom. The number of amides is 1. The van der Waals surface area contributed by atoms with Gasteiger partial charge in [-0.05, 0) is 67.7 Å². The van der Waals surface area contributed by atoms with Gasteiger partial charge in [-0.15, -0.1) is 0 Å². The molecule has 2 bridgehead atoms. The fourth-order valence-electron chi connectivity index (χ4n) is 4.11. The van der Waals surface area contributed by atoms with E-state index < -0.39 is 0 Å². The Morgan fingerprint density at radius 2 is 2.00 bits per heavy atom. The van der Waals surface area contributed by atoms with Crippen LogP contribution in [0, 0.1) is 17.8 Å². The Bertz CT molecular complexity index is 620. The first-order chi connectivity index (χ1) is 11.6. The van der Waals surface area contributed by atoms with Crippen LogP contribution >= 0.6 is 0 Å². The fourth-order valence-corrected chi connectivity index (χ4v) is 4.11. The van der Waals surface area contributed by atoms with Gasteiger partial charge in [0.15, 0.2) is 0 Å². The maximum Gasteiger partial charge on any atom is 0.330 e. The molecule has 1 aromatic rings. The van der Waals surface area contributed by atoms with Crippen LogP contribution in [0.15, 0.2) is 30.3 Å². The minimum absolute atomic E-state index is 0.113. The van der Waals surface area contributed by atoms with Crippen molar-refractivity contribution in [1.82, 2.24) is 0 Å². The van der Waals surface area contributed by atoms with Crippen molar-refractivity contribution in [1.29, 1.82) is 0 Å². The second-order valence-corrected chi connectivity index (χ2v) is 6.89. The monoisotopic (exact) mass is 327 g/mol. The van der Waals surface area contributed by atoms with Crippen molar-refractivity contribution >= 4 is 23.6 Å². The summed E-state index contributed by atoms with van der Waals surface area (Å²) in [5, 5.41) is 2.99. The van der Waals surface area contributed by atoms with Gasteiger partial charge in [0.25, 0.3) is 0 Å². The van der Waals surface area contributed by atoms with E-state index in [1.807, 2.05) is 24.3 Å². The molecule has 0 radical (unpaired) electrons. The molecule has 2 aliphatic rings. The molecule has 0 aliphatic heterocycles. The number of benzene rings is 1. The number of rotatable bonds is 6. The Hall–Kier alpha value is -2.10. The second kappa shape index (κ2) is 7.65. The van der Waals surface area contributed by atoms with Crippen LogP contribution in [-0.2, 0) is 14.3 Å². The number of hydrogen-bond donors (Lipinski definition) is 1. The van der Waals surface area contributed by atoms with Crippen molar-refractivity contribution < 1.29 is 14.3 Å². The van der Waals surface area contributed by atoms with E-state index >= 15 is 0 Å². The van der Waals surface area contributed by atoms with Gasteiger partial charge in [-0.3, -0.25) is 4.79 Å². The minimum Gasteiger partial charge on any atom is -0.463 e. The summed E-state index contributed by atoms with van der Waals surface area (Å²) in [5.41, 5.74) is 1.70. The summed E-state index contributed by atoms with van der Waals surface area (Å²) in [6.07, 6.45) is 9.00. The molecule has 2 fully saturated rings. The van der Waals surface area contributed by atoms with Gasteiger partial charge in [0.05, 0.1) is 6.61 Å². The SMILES string of the molecule is CCOC(=O)/C=C/c1ccc(NC(=O)CC2CC3CCC2C3)cc1. The van der Waals surface area contributed by atoms with Crippen molar-refractivity contribution in [3.8, 4) is 0 Å². The Morgan fingerprint density at radius 1 is 1.21 bits per heavy atom. The third kappa shape index (κ3) is 4.25. The summed E-state index contributed by atoms with van der Waals surface area (Å²) in [6.45, 7) is 2.15. The molecule has 4 heteroatoms. The van der Waals surface area contributed by atoms with Crippen molar-refractivity contribution in [2.24, 2.45) is 17.8 Å². The molecular weight excluding hydrogens is 302 g/mol. The number of nitrogens with one attached hydrogen (secondary N) is 1. The molecular formula is C20H25NO3. The number of ether oxygens (including phenoxy) is 1. The topological polar surface area (TPSA) is 55.4 Å². The van der Waals surface area contributed by atoms with Crippen LogP contribution in [0.25, 0.3) is 6.08 Å². The van der Waals surface area contributed by atoms with Crippen molar-refractivity contribution in [2.75, 3.05) is 11.9 Å². The van der Waals surface area contributed by atoms with E-state index in [0.29, 0.717) is 18.9 Å². The minimum atomic E-state index is -0.347. The Labute approximate surface area is 143 Å². The average Bonchev–Trinajstić information content (AvgIpc) is 3.17. The van der Waals surface area contributed by atoms with E-state index in [-0.39, 0.29) is 11.9 Å². The molecule has 0 heterocycles. The number of hydrogen-bond acceptors (Lipinski definition) is 3. The lowest BCUT2D eigenvalue weighted by Crippen LogP contribution is -2.20. The largest absolute Gasteiger partial charge is 0.463 e. The Kier molecular flexibility index (Phi) is 5.34. The molecule has 3 atom stereocenters. The molecule has 3 unspecified atom stereocenters. The highest BCUT2D eigenvalue weighted by molar-refractivity contribution is 5.91. The summed E-state index contributed by atoms with van der Waals surface area (Å²) in [5.74, 6) is 1.99. The van der Waals surface area contributed by atoms with Crippen LogP contribution in [0.4, 0.5) is 5.69 Å². The Balaban J connectivity index is 1.48. The molecule has 2 saturated carbocycles. The van der Waals surface area contributed by atoms with Gasteiger partial charge < -0.3 is 10.1 Å². The first-order valence-corrected chi connectivity index (χ1v) is 8.88. The maximum absolute atomic E-state index is 12.2. The molecule has 2 aliphatic carbocycles. The standard InChI is InChI=1S/C20H25NO3/c1-2-24-20(23)10-6-14-4-8-18(9-5-14)21-19(22)13-17-12-15-3-7-16(17)11-15/h4-6,8-10,15-17H,2-3,7,11-13H2,1H3,(H,21,22)/b10-6+. The highest BCUT2D eigenvalue weighted by Crippen LogP contribution is 2.49. The summed E-state index contributed by atoms with van der Waals surface area (Å²) >= 11 is 0. The first-order valence-electron chi connectivity index (χ1n) is 8.88. The molecule has 0 spiro atoms. The molecule has 24 heavy (non-hydrogen) atoms. The van der Waals surface area contributed by atoms with Crippen molar-refractivity contribution in [3.63, 3.8) is 0 Å². The summed E-state index contributed by atoms with van der Waals surface area (Å²) < 4.78 is 4.84. The highest BCUT2D eigenvalue weighted by Gasteiger charge is 2.40. The second-order valence-electron chi connectivity index (χ2n) is 6.89. The van der Waals surface area contributed by atoms with E-state index in [9.17, 15) is 9.59 Å². The lowest BCUT2D eigenvalue weighted by molar-refractivity contribution is -0.137. The van der Waals surface area contributed by atoms with Crippen molar-refractivity contribution in [2.45, 2.75) is 39.0 Å². The van der Waals surface area contributed by atoms with Gasteiger partial charge in [-0.25, -0.2) is 4.79 Å². The molecule has 128 valence electrons. The van der Waals surface area contributed by atoms with Crippen LogP contribution in [0.3, 0.4) is 0 Å². The molecule has 4 nitrogen and oxygen atoms in total. The molecule has 1 amide bonds. The molecule has 1 aromatic carbocycles. The van der Waals surface area contributed by atoms with Gasteiger partial charge in [0.2, 0.25) is 5.91 Å². The van der Waals surface area contributed by atoms with E-state index in [2.05, 4.69) is 5.32 Å². The zero-order valence-electron chi connectivity index (χ0n) is 14.2. The van der Waals surface area contributed by atoms with Gasteiger partial charge in [-0.1, -0.05) is 18.6 Å². The summed E-state index contributed by atoms with van der Waals surface area (Å²) in [7, 11) is 0. The zero-order chi connectivity index (χ0) is 16.9. The van der Waals surface area contributed by atoms with Gasteiger partial charge in [0.1, 0.15) is 0 Å². The van der Waals surface area contributed by atoms with Crippen LogP contribution in [0.1, 0.15) is 44.6 Å². The van der Waals surface area contributed by atoms with Crippen LogP contribution in [-0.4, -0.2) is 18.5 Å². The average molecular weight is 327 g/mol. The normalized spacial score (nSPS) is 25.1. The number of carbonyl (C=O) groups is 2. The van der Waals surface area contributed by atoms with Gasteiger partial charge in [-0.2, -0.15) is 0 Å². The number of fused-ring (bicyclic) bond motifs is 2. The van der Waals surface area contributed by atoms with Crippen molar-refractivity contribution in [3.05, 3.63) is 35.9 Å². The zero-order valence-corrected chi connectivity index (χ0v) is 14.2. The van der Waals surface area contributed by atoms with E-state index in [4.69, 9.17) is 4.74 Å². The third-order valence-corrected chi connectivity index (χ3v) is 5.23. The smallest absolute Gasteiger partial charge is 0.330 e. The van der Waals surface area contributed by atoms with E-state index in [1.54, 1.807) is 13.0 Å². The van der Waals surface area contributed by atoms with E-state index in [1.165, 1.54) is 31.8 Å². The highest BCUT2D eigenvalue weighted by atomic mass is 16.5. The maximum atomic E-state index is 12.2. The molecule has 0 saturated heterocycles. The number of esters is 1. The predicted octanol–water partition coefficient (Wildman–Crippen LogP) is 4.03.